The second-order valence-electron chi connectivity index (χ2n) is 4.83. The third-order valence-electron chi connectivity index (χ3n) is 3.69. The number of hydrogen-bond acceptors (Lipinski definition) is 3. The first-order chi connectivity index (χ1) is 10.3. The van der Waals surface area contributed by atoms with Crippen LogP contribution in [0.1, 0.15) is 24.2 Å². The Morgan fingerprint density at radius 1 is 1.29 bits per heavy atom. The lowest BCUT2D eigenvalue weighted by Gasteiger charge is -2.20. The minimum Gasteiger partial charge on any atom is -0.308 e. The minimum absolute atomic E-state index is 0.0646. The van der Waals surface area contributed by atoms with Crippen LogP contribution in [-0.2, 0) is 6.54 Å². The maximum atomic E-state index is 4.44. The fourth-order valence-corrected chi connectivity index (χ4v) is 3.25. The first kappa shape index (κ1) is 14.2. The van der Waals surface area contributed by atoms with Crippen molar-refractivity contribution in [3.05, 3.63) is 58.5 Å². The van der Waals surface area contributed by atoms with Gasteiger partial charge in [0.1, 0.15) is 0 Å². The molecule has 0 saturated carbocycles. The van der Waals surface area contributed by atoms with Gasteiger partial charge in [0.15, 0.2) is 0 Å². The lowest BCUT2D eigenvalue weighted by Crippen LogP contribution is -2.22. The molecular formula is C16H17BrN4. The normalized spacial score (nSPS) is 12.7. The van der Waals surface area contributed by atoms with Crippen molar-refractivity contribution in [3.8, 4) is 0 Å². The molecule has 0 saturated heterocycles. The summed E-state index contributed by atoms with van der Waals surface area (Å²) in [6.07, 6.45) is 3.68. The van der Waals surface area contributed by atoms with Crippen molar-refractivity contribution in [2.45, 2.75) is 19.5 Å². The van der Waals surface area contributed by atoms with Gasteiger partial charge in [-0.1, -0.05) is 18.2 Å². The summed E-state index contributed by atoms with van der Waals surface area (Å²) in [5.41, 5.74) is 3.35. The summed E-state index contributed by atoms with van der Waals surface area (Å²) in [5, 5.41) is 8.99. The Hall–Kier alpha value is -1.72. The van der Waals surface area contributed by atoms with Gasteiger partial charge in [-0.25, -0.2) is 0 Å². The molecule has 21 heavy (non-hydrogen) atoms. The van der Waals surface area contributed by atoms with Gasteiger partial charge in [-0.2, -0.15) is 5.10 Å². The zero-order valence-electron chi connectivity index (χ0n) is 12.0. The van der Waals surface area contributed by atoms with E-state index in [-0.39, 0.29) is 6.04 Å². The van der Waals surface area contributed by atoms with Crippen molar-refractivity contribution < 1.29 is 0 Å². The van der Waals surface area contributed by atoms with Crippen LogP contribution < -0.4 is 5.32 Å². The third kappa shape index (κ3) is 2.47. The summed E-state index contributed by atoms with van der Waals surface area (Å²) in [7, 11) is 1.97. The average Bonchev–Trinajstić information content (AvgIpc) is 2.90. The van der Waals surface area contributed by atoms with E-state index in [4.69, 9.17) is 0 Å². The molecule has 1 atom stereocenters. The van der Waals surface area contributed by atoms with Gasteiger partial charge in [-0.15, -0.1) is 0 Å². The van der Waals surface area contributed by atoms with Gasteiger partial charge in [-0.3, -0.25) is 9.67 Å². The van der Waals surface area contributed by atoms with Crippen LogP contribution in [0.5, 0.6) is 0 Å². The van der Waals surface area contributed by atoms with Gasteiger partial charge in [-0.05, 0) is 47.6 Å². The third-order valence-corrected chi connectivity index (χ3v) is 4.30. The summed E-state index contributed by atoms with van der Waals surface area (Å²) in [4.78, 5) is 4.44. The maximum Gasteiger partial charge on any atom is 0.0764 e. The van der Waals surface area contributed by atoms with Gasteiger partial charge < -0.3 is 5.32 Å². The van der Waals surface area contributed by atoms with Crippen LogP contribution in [0.25, 0.3) is 10.9 Å². The highest BCUT2D eigenvalue weighted by Crippen LogP contribution is 2.32. The van der Waals surface area contributed by atoms with E-state index in [2.05, 4.69) is 56.5 Å². The van der Waals surface area contributed by atoms with Crippen LogP contribution in [0, 0.1) is 0 Å². The predicted molar refractivity (Wildman–Crippen MR) is 88.2 cm³/mol. The quantitative estimate of drug-likeness (QED) is 0.787. The van der Waals surface area contributed by atoms with E-state index in [1.54, 1.807) is 0 Å². The summed E-state index contributed by atoms with van der Waals surface area (Å²) < 4.78 is 3.03. The first-order valence-corrected chi connectivity index (χ1v) is 7.77. The first-order valence-electron chi connectivity index (χ1n) is 6.98. The molecule has 0 aliphatic rings. The Bertz CT molecular complexity index is 761. The van der Waals surface area contributed by atoms with Crippen LogP contribution in [0.2, 0.25) is 0 Å². The van der Waals surface area contributed by atoms with Crippen LogP contribution in [0.15, 0.2) is 47.2 Å². The Morgan fingerprint density at radius 3 is 2.90 bits per heavy atom. The second kappa shape index (κ2) is 5.95. The van der Waals surface area contributed by atoms with E-state index in [0.717, 1.165) is 27.6 Å². The monoisotopic (exact) mass is 344 g/mol. The molecule has 1 aromatic carbocycles. The average molecular weight is 345 g/mol. The van der Waals surface area contributed by atoms with Crippen molar-refractivity contribution in [3.63, 3.8) is 0 Å². The molecule has 3 rings (SSSR count). The maximum absolute atomic E-state index is 4.44. The second-order valence-corrected chi connectivity index (χ2v) is 5.69. The molecule has 3 aromatic rings. The number of benzene rings is 1. The van der Waals surface area contributed by atoms with Crippen molar-refractivity contribution >= 4 is 26.8 Å². The van der Waals surface area contributed by atoms with Gasteiger partial charge in [0, 0.05) is 18.1 Å². The number of hydrogen-bond donors (Lipinski definition) is 1. The Labute approximate surface area is 132 Å². The molecule has 0 amide bonds. The number of rotatable bonds is 4. The Morgan fingerprint density at radius 2 is 2.14 bits per heavy atom. The van der Waals surface area contributed by atoms with Gasteiger partial charge in [0.2, 0.25) is 0 Å². The molecule has 0 spiro atoms. The topological polar surface area (TPSA) is 42.7 Å². The summed E-state index contributed by atoms with van der Waals surface area (Å²) in [6, 6.07) is 10.4. The number of nitrogens with one attached hydrogen (secondary N) is 1. The summed E-state index contributed by atoms with van der Waals surface area (Å²) in [6.45, 7) is 2.93. The standard InChI is InChI=1S/C16H17BrN4/c1-3-21-16(13(17)10-20-21)15(18-2)12-6-4-8-14-11(12)7-5-9-19-14/h4-10,15,18H,3H2,1-2H3. The molecule has 0 bridgehead atoms. The van der Waals surface area contributed by atoms with Gasteiger partial charge in [0.05, 0.1) is 27.9 Å². The highest BCUT2D eigenvalue weighted by atomic mass is 79.9. The molecule has 0 aliphatic carbocycles. The number of pyridine rings is 1. The zero-order valence-corrected chi connectivity index (χ0v) is 13.6. The minimum atomic E-state index is 0.0646. The van der Waals surface area contributed by atoms with E-state index in [1.165, 1.54) is 5.56 Å². The Balaban J connectivity index is 2.21. The van der Waals surface area contributed by atoms with Crippen LogP contribution in [0.4, 0.5) is 0 Å². The Kier molecular flexibility index (Phi) is 4.03. The number of fused-ring (bicyclic) bond motifs is 1. The molecule has 5 heteroatoms. The van der Waals surface area contributed by atoms with E-state index in [1.807, 2.05) is 36.3 Å². The van der Waals surface area contributed by atoms with Crippen molar-refractivity contribution in [1.82, 2.24) is 20.1 Å². The zero-order chi connectivity index (χ0) is 14.8. The lowest BCUT2D eigenvalue weighted by molar-refractivity contribution is 0.563. The van der Waals surface area contributed by atoms with Crippen molar-refractivity contribution in [2.75, 3.05) is 7.05 Å². The van der Waals surface area contributed by atoms with Crippen molar-refractivity contribution in [2.24, 2.45) is 0 Å². The fourth-order valence-electron chi connectivity index (χ4n) is 2.73. The molecule has 0 aliphatic heterocycles. The smallest absolute Gasteiger partial charge is 0.0764 e. The van der Waals surface area contributed by atoms with E-state index < -0.39 is 0 Å². The van der Waals surface area contributed by atoms with Gasteiger partial charge in [0.25, 0.3) is 0 Å². The van der Waals surface area contributed by atoms with E-state index in [9.17, 15) is 0 Å². The van der Waals surface area contributed by atoms with Crippen LogP contribution >= 0.6 is 15.9 Å². The highest BCUT2D eigenvalue weighted by molar-refractivity contribution is 9.10. The summed E-state index contributed by atoms with van der Waals surface area (Å²) in [5.74, 6) is 0. The summed E-state index contributed by atoms with van der Waals surface area (Å²) >= 11 is 3.62. The number of halogens is 1. The molecule has 1 N–H and O–H groups in total. The van der Waals surface area contributed by atoms with Gasteiger partial charge >= 0.3 is 0 Å². The molecule has 0 fully saturated rings. The molecule has 4 nitrogen and oxygen atoms in total. The molecule has 108 valence electrons. The largest absolute Gasteiger partial charge is 0.308 e. The molecular weight excluding hydrogens is 328 g/mol. The molecule has 2 heterocycles. The highest BCUT2D eigenvalue weighted by Gasteiger charge is 2.21. The van der Waals surface area contributed by atoms with E-state index in [0.29, 0.717) is 0 Å². The lowest BCUT2D eigenvalue weighted by atomic mass is 9.99. The van der Waals surface area contributed by atoms with Crippen molar-refractivity contribution in [1.29, 1.82) is 0 Å². The predicted octanol–water partition coefficient (Wildman–Crippen LogP) is 3.52. The molecule has 0 radical (unpaired) electrons. The fraction of sp³-hybridized carbons (Fsp3) is 0.250. The number of nitrogens with zero attached hydrogens (tertiary/aromatic N) is 3. The number of aromatic nitrogens is 3. The molecule has 1 unspecified atom stereocenters. The van der Waals surface area contributed by atoms with Crippen LogP contribution in [-0.4, -0.2) is 21.8 Å². The molecule has 2 aromatic heterocycles. The SMILES string of the molecule is CCn1ncc(Br)c1C(NC)c1cccc2ncccc12. The number of aryl methyl sites for hydroxylation is 1. The van der Waals surface area contributed by atoms with Crippen LogP contribution in [0.3, 0.4) is 0 Å². The van der Waals surface area contributed by atoms with E-state index >= 15 is 0 Å².